The van der Waals surface area contributed by atoms with E-state index in [9.17, 15) is 9.18 Å². The Kier molecular flexibility index (Phi) is 3.92. The van der Waals surface area contributed by atoms with Gasteiger partial charge in [-0.2, -0.15) is 0 Å². The highest BCUT2D eigenvalue weighted by molar-refractivity contribution is 6.00. The molecule has 3 nitrogen and oxygen atoms in total. The second-order valence-electron chi connectivity index (χ2n) is 5.24. The van der Waals surface area contributed by atoms with E-state index in [2.05, 4.69) is 11.4 Å². The number of fused-ring (bicyclic) bond motifs is 1. The van der Waals surface area contributed by atoms with E-state index >= 15 is 0 Å². The predicted octanol–water partition coefficient (Wildman–Crippen LogP) is 3.51. The highest BCUT2D eigenvalue weighted by Crippen LogP contribution is 2.28. The molecule has 0 unspecified atom stereocenters. The van der Waals surface area contributed by atoms with Gasteiger partial charge in [-0.15, -0.1) is 0 Å². The van der Waals surface area contributed by atoms with Gasteiger partial charge in [-0.05, 0) is 37.6 Å². The summed E-state index contributed by atoms with van der Waals surface area (Å²) in [5, 5.41) is 2.83. The lowest BCUT2D eigenvalue weighted by Gasteiger charge is -2.18. The molecule has 1 aromatic carbocycles. The Morgan fingerprint density at radius 2 is 2.14 bits per heavy atom. The normalized spacial score (nSPS) is 16.5. The molecule has 0 bridgehead atoms. The average Bonchev–Trinajstić information content (AvgIpc) is 2.72. The molecular weight excluding hydrogens is 281 g/mol. The fraction of sp³-hybridized carbons (Fsp3) is 0.167. The highest BCUT2D eigenvalue weighted by Gasteiger charge is 2.19. The zero-order valence-corrected chi connectivity index (χ0v) is 12.2. The first kappa shape index (κ1) is 14.3. The summed E-state index contributed by atoms with van der Waals surface area (Å²) < 4.78 is 19.2. The molecule has 1 aliphatic heterocycles. The van der Waals surface area contributed by atoms with Crippen molar-refractivity contribution >= 4 is 12.0 Å². The number of carbonyl (C=O) groups is 1. The third kappa shape index (κ3) is 3.01. The summed E-state index contributed by atoms with van der Waals surface area (Å²) in [6.07, 6.45) is 10.1. The number of hydrogen-bond acceptors (Lipinski definition) is 2. The first-order valence-electron chi connectivity index (χ1n) is 7.12. The van der Waals surface area contributed by atoms with E-state index in [4.69, 9.17) is 4.74 Å². The maximum Gasteiger partial charge on any atom is 0.255 e. The topological polar surface area (TPSA) is 38.3 Å². The van der Waals surface area contributed by atoms with Crippen LogP contribution in [0.2, 0.25) is 0 Å². The van der Waals surface area contributed by atoms with Crippen molar-refractivity contribution in [2.24, 2.45) is 0 Å². The molecule has 3 rings (SSSR count). The Hall–Kier alpha value is -2.62. The van der Waals surface area contributed by atoms with Gasteiger partial charge in [0.05, 0.1) is 11.1 Å². The summed E-state index contributed by atoms with van der Waals surface area (Å²) >= 11 is 0. The predicted molar refractivity (Wildman–Crippen MR) is 83.6 cm³/mol. The molecule has 1 heterocycles. The highest BCUT2D eigenvalue weighted by atomic mass is 19.1. The smallest absolute Gasteiger partial charge is 0.255 e. The van der Waals surface area contributed by atoms with E-state index in [1.165, 1.54) is 6.07 Å². The third-order valence-corrected chi connectivity index (χ3v) is 3.57. The largest absolute Gasteiger partial charge is 0.488 e. The molecule has 0 radical (unpaired) electrons. The summed E-state index contributed by atoms with van der Waals surface area (Å²) in [5.74, 6) is -0.204. The second-order valence-corrected chi connectivity index (χ2v) is 5.24. The molecule has 1 aromatic rings. The van der Waals surface area contributed by atoms with Crippen LogP contribution in [0.25, 0.3) is 6.08 Å². The van der Waals surface area contributed by atoms with Crippen LogP contribution < -0.4 is 10.1 Å². The molecule has 0 atom stereocenters. The maximum absolute atomic E-state index is 13.8. The molecule has 0 saturated carbocycles. The van der Waals surface area contributed by atoms with E-state index in [1.807, 2.05) is 25.2 Å². The number of allylic oxidation sites excluding steroid dienone is 5. The third-order valence-electron chi connectivity index (χ3n) is 3.57. The Labute approximate surface area is 128 Å². The van der Waals surface area contributed by atoms with Crippen LogP contribution in [0, 0.1) is 5.82 Å². The van der Waals surface area contributed by atoms with E-state index in [0.29, 0.717) is 16.9 Å². The minimum absolute atomic E-state index is 0.135. The molecule has 0 aromatic heterocycles. The molecule has 1 aliphatic carbocycles. The fourth-order valence-corrected chi connectivity index (χ4v) is 2.32. The molecule has 1 N–H and O–H groups in total. The summed E-state index contributed by atoms with van der Waals surface area (Å²) in [6, 6.07) is 4.63. The quantitative estimate of drug-likeness (QED) is 0.907. The number of hydrogen-bond donors (Lipinski definition) is 1. The lowest BCUT2D eigenvalue weighted by atomic mass is 10.1. The minimum Gasteiger partial charge on any atom is -0.488 e. The average molecular weight is 297 g/mol. The van der Waals surface area contributed by atoms with E-state index < -0.39 is 5.82 Å². The number of rotatable bonds is 2. The number of nitrogens with one attached hydrogen (secondary N) is 1. The monoisotopic (exact) mass is 297 g/mol. The van der Waals surface area contributed by atoms with Crippen LogP contribution in [0.4, 0.5) is 4.39 Å². The molecule has 112 valence electrons. The number of amides is 1. The van der Waals surface area contributed by atoms with Gasteiger partial charge in [0.25, 0.3) is 5.91 Å². The van der Waals surface area contributed by atoms with Gasteiger partial charge in [-0.3, -0.25) is 4.79 Å². The van der Waals surface area contributed by atoms with Gasteiger partial charge in [-0.1, -0.05) is 29.9 Å². The van der Waals surface area contributed by atoms with Crippen LogP contribution in [-0.4, -0.2) is 12.5 Å². The second kappa shape index (κ2) is 6.02. The lowest BCUT2D eigenvalue weighted by Crippen LogP contribution is -2.27. The van der Waals surface area contributed by atoms with Gasteiger partial charge in [0.2, 0.25) is 0 Å². The Bertz CT molecular complexity index is 741. The van der Waals surface area contributed by atoms with Crippen molar-refractivity contribution in [3.05, 3.63) is 70.7 Å². The van der Waals surface area contributed by atoms with E-state index in [-0.39, 0.29) is 12.5 Å². The zero-order valence-electron chi connectivity index (χ0n) is 12.2. The molecule has 0 saturated heterocycles. The number of benzene rings is 1. The number of halogens is 1. The summed E-state index contributed by atoms with van der Waals surface area (Å²) in [4.78, 5) is 12.3. The van der Waals surface area contributed by atoms with Gasteiger partial charge in [-0.25, -0.2) is 4.39 Å². The SMILES string of the molecule is CC1=CCC=C(NC(=O)C2=Cc3c(F)cccc3OC2)C=C1. The lowest BCUT2D eigenvalue weighted by molar-refractivity contribution is -0.117. The van der Waals surface area contributed by atoms with Crippen LogP contribution in [0.1, 0.15) is 18.9 Å². The van der Waals surface area contributed by atoms with Crippen LogP contribution in [0.3, 0.4) is 0 Å². The van der Waals surface area contributed by atoms with Gasteiger partial charge in [0.1, 0.15) is 18.2 Å². The zero-order chi connectivity index (χ0) is 15.5. The van der Waals surface area contributed by atoms with Crippen LogP contribution >= 0.6 is 0 Å². The molecule has 4 heteroatoms. The fourth-order valence-electron chi connectivity index (χ4n) is 2.32. The summed E-state index contributed by atoms with van der Waals surface area (Å²) in [7, 11) is 0. The Balaban J connectivity index is 1.78. The van der Waals surface area contributed by atoms with Gasteiger partial charge in [0.15, 0.2) is 0 Å². The van der Waals surface area contributed by atoms with Crippen molar-refractivity contribution in [3.8, 4) is 5.75 Å². The maximum atomic E-state index is 13.8. The summed E-state index contributed by atoms with van der Waals surface area (Å²) in [5.41, 5.74) is 2.61. The molecule has 22 heavy (non-hydrogen) atoms. The first-order chi connectivity index (χ1) is 10.6. The Morgan fingerprint density at radius 3 is 3.00 bits per heavy atom. The van der Waals surface area contributed by atoms with E-state index in [1.54, 1.807) is 18.2 Å². The van der Waals surface area contributed by atoms with E-state index in [0.717, 1.165) is 17.7 Å². The van der Waals surface area contributed by atoms with Crippen molar-refractivity contribution < 1.29 is 13.9 Å². The van der Waals surface area contributed by atoms with Gasteiger partial charge < -0.3 is 10.1 Å². The van der Waals surface area contributed by atoms with Gasteiger partial charge >= 0.3 is 0 Å². The summed E-state index contributed by atoms with van der Waals surface area (Å²) in [6.45, 7) is 2.14. The molecule has 2 aliphatic rings. The van der Waals surface area contributed by atoms with Crippen molar-refractivity contribution in [3.63, 3.8) is 0 Å². The van der Waals surface area contributed by atoms with Gasteiger partial charge in [0, 0.05) is 5.70 Å². The molecule has 0 fully saturated rings. The van der Waals surface area contributed by atoms with Crippen LogP contribution in [0.5, 0.6) is 5.75 Å². The van der Waals surface area contributed by atoms with Crippen LogP contribution in [0.15, 0.2) is 59.3 Å². The van der Waals surface area contributed by atoms with Crippen molar-refractivity contribution in [1.29, 1.82) is 0 Å². The van der Waals surface area contributed by atoms with Crippen molar-refractivity contribution in [2.45, 2.75) is 13.3 Å². The number of carbonyl (C=O) groups excluding carboxylic acids is 1. The van der Waals surface area contributed by atoms with Crippen molar-refractivity contribution in [1.82, 2.24) is 5.32 Å². The molecular formula is C18H16FNO2. The van der Waals surface area contributed by atoms with Crippen molar-refractivity contribution in [2.75, 3.05) is 6.61 Å². The minimum atomic E-state index is -0.393. The van der Waals surface area contributed by atoms with Crippen LogP contribution in [-0.2, 0) is 4.79 Å². The molecule has 1 amide bonds. The first-order valence-corrected chi connectivity index (χ1v) is 7.12. The Morgan fingerprint density at radius 1 is 1.27 bits per heavy atom. The number of ether oxygens (including phenoxy) is 1. The standard InChI is InChI=1S/C18H16FNO2/c1-12-4-2-5-14(9-8-12)20-18(21)13-10-15-16(19)6-3-7-17(15)22-11-13/h3-10H,2,11H2,1H3,(H,20,21). The molecule has 0 spiro atoms.